The maximum Gasteiger partial charge on any atom is 0.410 e. The van der Waals surface area contributed by atoms with E-state index in [4.69, 9.17) is 9.47 Å². The van der Waals surface area contributed by atoms with Crippen molar-refractivity contribution in [1.82, 2.24) is 15.5 Å². The number of carbonyl (C=O) groups is 2. The standard InChI is InChI=1S/C16H31N3O4/c1-16(2,3)23-15(21)19-10-6-13(7-11-19)17-8-5-14(20)18-9-12-22-4/h13,17H,5-12H2,1-4H3,(H,18,20). The summed E-state index contributed by atoms with van der Waals surface area (Å²) in [5.41, 5.74) is -0.456. The Bertz CT molecular complexity index is 374. The molecule has 0 spiro atoms. The maximum atomic E-state index is 12.0. The molecule has 2 N–H and O–H groups in total. The number of hydrogen-bond acceptors (Lipinski definition) is 5. The van der Waals surface area contributed by atoms with Crippen LogP contribution >= 0.6 is 0 Å². The second-order valence-corrected chi connectivity index (χ2v) is 6.79. The van der Waals surface area contributed by atoms with Crippen LogP contribution in [-0.4, -0.2) is 68.4 Å². The molecule has 1 fully saturated rings. The number of carbonyl (C=O) groups excluding carboxylic acids is 2. The summed E-state index contributed by atoms with van der Waals surface area (Å²) < 4.78 is 10.3. The first-order valence-corrected chi connectivity index (χ1v) is 8.29. The normalized spacial score (nSPS) is 16.3. The van der Waals surface area contributed by atoms with E-state index in [-0.39, 0.29) is 12.0 Å². The minimum absolute atomic E-state index is 0.0285. The molecule has 2 amide bonds. The summed E-state index contributed by atoms with van der Waals surface area (Å²) in [6.45, 7) is 8.71. The minimum atomic E-state index is -0.456. The summed E-state index contributed by atoms with van der Waals surface area (Å²) in [4.78, 5) is 25.3. The third-order valence-corrected chi connectivity index (χ3v) is 3.56. The van der Waals surface area contributed by atoms with E-state index in [1.54, 1.807) is 12.0 Å². The molecule has 0 aliphatic carbocycles. The quantitative estimate of drug-likeness (QED) is 0.685. The smallest absolute Gasteiger partial charge is 0.410 e. The number of likely N-dealkylation sites (tertiary alicyclic amines) is 1. The lowest BCUT2D eigenvalue weighted by atomic mass is 10.1. The van der Waals surface area contributed by atoms with Crippen LogP contribution in [0.5, 0.6) is 0 Å². The third-order valence-electron chi connectivity index (χ3n) is 3.56. The third kappa shape index (κ3) is 8.76. The Morgan fingerprint density at radius 1 is 1.17 bits per heavy atom. The number of ether oxygens (including phenoxy) is 2. The van der Waals surface area contributed by atoms with Gasteiger partial charge in [0, 0.05) is 45.8 Å². The second-order valence-electron chi connectivity index (χ2n) is 6.79. The molecule has 0 radical (unpaired) electrons. The average Bonchev–Trinajstić information content (AvgIpc) is 2.46. The van der Waals surface area contributed by atoms with Gasteiger partial charge in [-0.15, -0.1) is 0 Å². The van der Waals surface area contributed by atoms with Gasteiger partial charge in [-0.2, -0.15) is 0 Å². The van der Waals surface area contributed by atoms with E-state index in [1.165, 1.54) is 0 Å². The van der Waals surface area contributed by atoms with Crippen molar-refractivity contribution in [3.63, 3.8) is 0 Å². The molecule has 0 bridgehead atoms. The molecule has 0 aromatic heterocycles. The first-order valence-electron chi connectivity index (χ1n) is 8.29. The molecule has 0 aromatic carbocycles. The van der Waals surface area contributed by atoms with E-state index in [0.29, 0.717) is 45.2 Å². The molecule has 0 atom stereocenters. The van der Waals surface area contributed by atoms with Gasteiger partial charge in [0.05, 0.1) is 6.61 Å². The highest BCUT2D eigenvalue weighted by atomic mass is 16.6. The molecule has 0 saturated carbocycles. The summed E-state index contributed by atoms with van der Waals surface area (Å²) >= 11 is 0. The van der Waals surface area contributed by atoms with Crippen LogP contribution in [0, 0.1) is 0 Å². The molecule has 0 unspecified atom stereocenters. The molecular formula is C16H31N3O4. The van der Waals surface area contributed by atoms with Crippen molar-refractivity contribution in [2.45, 2.75) is 51.7 Å². The zero-order chi connectivity index (χ0) is 17.3. The van der Waals surface area contributed by atoms with Gasteiger partial charge in [-0.05, 0) is 33.6 Å². The lowest BCUT2D eigenvalue weighted by Crippen LogP contribution is -2.47. The Morgan fingerprint density at radius 2 is 1.83 bits per heavy atom. The van der Waals surface area contributed by atoms with Gasteiger partial charge < -0.3 is 25.0 Å². The predicted octanol–water partition coefficient (Wildman–Crippen LogP) is 1.13. The van der Waals surface area contributed by atoms with Crippen LogP contribution in [0.4, 0.5) is 4.79 Å². The Morgan fingerprint density at radius 3 is 2.39 bits per heavy atom. The fourth-order valence-corrected chi connectivity index (χ4v) is 2.36. The van der Waals surface area contributed by atoms with Gasteiger partial charge in [-0.25, -0.2) is 4.79 Å². The number of methoxy groups -OCH3 is 1. The first-order chi connectivity index (χ1) is 10.8. The highest BCUT2D eigenvalue weighted by molar-refractivity contribution is 5.76. The van der Waals surface area contributed by atoms with Crippen LogP contribution in [0.1, 0.15) is 40.0 Å². The van der Waals surface area contributed by atoms with Crippen LogP contribution in [-0.2, 0) is 14.3 Å². The van der Waals surface area contributed by atoms with E-state index in [9.17, 15) is 9.59 Å². The van der Waals surface area contributed by atoms with Crippen LogP contribution in [0.25, 0.3) is 0 Å². The van der Waals surface area contributed by atoms with Crippen molar-refractivity contribution in [2.24, 2.45) is 0 Å². The fraction of sp³-hybridized carbons (Fsp3) is 0.875. The Balaban J connectivity index is 2.14. The molecular weight excluding hydrogens is 298 g/mol. The van der Waals surface area contributed by atoms with Crippen LogP contribution in [0.15, 0.2) is 0 Å². The lowest BCUT2D eigenvalue weighted by molar-refractivity contribution is -0.121. The fourth-order valence-electron chi connectivity index (χ4n) is 2.36. The van der Waals surface area contributed by atoms with E-state index < -0.39 is 5.60 Å². The average molecular weight is 329 g/mol. The van der Waals surface area contributed by atoms with Crippen molar-refractivity contribution < 1.29 is 19.1 Å². The van der Waals surface area contributed by atoms with E-state index >= 15 is 0 Å². The van der Waals surface area contributed by atoms with Gasteiger partial charge in [0.2, 0.25) is 5.91 Å². The van der Waals surface area contributed by atoms with Crippen LogP contribution in [0.3, 0.4) is 0 Å². The highest BCUT2D eigenvalue weighted by Crippen LogP contribution is 2.15. The topological polar surface area (TPSA) is 79.9 Å². The van der Waals surface area contributed by atoms with Crippen molar-refractivity contribution in [3.8, 4) is 0 Å². The summed E-state index contributed by atoms with van der Waals surface area (Å²) in [5.74, 6) is 0.0285. The number of nitrogens with zero attached hydrogens (tertiary/aromatic N) is 1. The molecule has 1 aliphatic heterocycles. The number of rotatable bonds is 7. The maximum absolute atomic E-state index is 12.0. The number of hydrogen-bond donors (Lipinski definition) is 2. The Hall–Kier alpha value is -1.34. The van der Waals surface area contributed by atoms with E-state index in [0.717, 1.165) is 12.8 Å². The van der Waals surface area contributed by atoms with Gasteiger partial charge in [0.15, 0.2) is 0 Å². The number of piperidine rings is 1. The molecule has 23 heavy (non-hydrogen) atoms. The molecule has 1 saturated heterocycles. The van der Waals surface area contributed by atoms with Crippen molar-refractivity contribution >= 4 is 12.0 Å². The SMILES string of the molecule is COCCNC(=O)CCNC1CCN(C(=O)OC(C)(C)C)CC1. The highest BCUT2D eigenvalue weighted by Gasteiger charge is 2.26. The summed E-state index contributed by atoms with van der Waals surface area (Å²) in [5, 5.41) is 6.17. The van der Waals surface area contributed by atoms with Gasteiger partial charge in [-0.3, -0.25) is 4.79 Å². The van der Waals surface area contributed by atoms with E-state index in [2.05, 4.69) is 10.6 Å². The minimum Gasteiger partial charge on any atom is -0.444 e. The lowest BCUT2D eigenvalue weighted by Gasteiger charge is -2.33. The summed E-state index contributed by atoms with van der Waals surface area (Å²) in [7, 11) is 1.61. The van der Waals surface area contributed by atoms with Crippen LogP contribution < -0.4 is 10.6 Å². The molecule has 1 aliphatic rings. The van der Waals surface area contributed by atoms with Crippen LogP contribution in [0.2, 0.25) is 0 Å². The summed E-state index contributed by atoms with van der Waals surface area (Å²) in [6.07, 6.45) is 1.97. The molecule has 7 heteroatoms. The number of amides is 2. The Labute approximate surface area is 139 Å². The molecule has 1 heterocycles. The zero-order valence-corrected chi connectivity index (χ0v) is 14.8. The predicted molar refractivity (Wildman–Crippen MR) is 88.3 cm³/mol. The number of nitrogens with one attached hydrogen (secondary N) is 2. The van der Waals surface area contributed by atoms with Crippen molar-refractivity contribution in [3.05, 3.63) is 0 Å². The van der Waals surface area contributed by atoms with Gasteiger partial charge in [0.1, 0.15) is 5.60 Å². The van der Waals surface area contributed by atoms with Gasteiger partial charge in [0.25, 0.3) is 0 Å². The summed E-state index contributed by atoms with van der Waals surface area (Å²) in [6, 6.07) is 0.348. The largest absolute Gasteiger partial charge is 0.444 e. The molecule has 1 rings (SSSR count). The van der Waals surface area contributed by atoms with Gasteiger partial charge in [-0.1, -0.05) is 0 Å². The van der Waals surface area contributed by atoms with Gasteiger partial charge >= 0.3 is 6.09 Å². The monoisotopic (exact) mass is 329 g/mol. The van der Waals surface area contributed by atoms with E-state index in [1.807, 2.05) is 20.8 Å². The van der Waals surface area contributed by atoms with Crippen molar-refractivity contribution in [2.75, 3.05) is 39.9 Å². The first kappa shape index (κ1) is 19.7. The second kappa shape index (κ2) is 9.72. The van der Waals surface area contributed by atoms with Crippen molar-refractivity contribution in [1.29, 1.82) is 0 Å². The zero-order valence-electron chi connectivity index (χ0n) is 14.8. The molecule has 134 valence electrons. The Kier molecular flexibility index (Phi) is 8.33. The molecule has 7 nitrogen and oxygen atoms in total. The molecule has 0 aromatic rings.